The molecule has 2 aromatic heterocycles. The first-order chi connectivity index (χ1) is 27.2. The Morgan fingerprint density at radius 1 is 0.345 bits per heavy atom. The summed E-state index contributed by atoms with van der Waals surface area (Å²) in [6, 6.07) is 72.2. The summed E-state index contributed by atoms with van der Waals surface area (Å²) in [5, 5.41) is 7.35. The first kappa shape index (κ1) is 31.6. The molecule has 258 valence electrons. The van der Waals surface area contributed by atoms with Crippen molar-refractivity contribution < 1.29 is 4.42 Å². The highest BCUT2D eigenvalue weighted by atomic mass is 32.1. The van der Waals surface area contributed by atoms with Gasteiger partial charge in [-0.2, -0.15) is 0 Å². The van der Waals surface area contributed by atoms with Crippen molar-refractivity contribution in [1.29, 1.82) is 0 Å². The van der Waals surface area contributed by atoms with Crippen molar-refractivity contribution in [2.45, 2.75) is 0 Å². The Balaban J connectivity index is 0.994. The van der Waals surface area contributed by atoms with Gasteiger partial charge in [0.2, 0.25) is 0 Å². The molecule has 0 bridgehead atoms. The minimum absolute atomic E-state index is 0.870. The second kappa shape index (κ2) is 12.9. The number of anilines is 3. The lowest BCUT2D eigenvalue weighted by atomic mass is 9.97. The number of rotatable bonds is 6. The number of thiophene rings is 1. The molecule has 0 saturated carbocycles. The molecule has 0 spiro atoms. The summed E-state index contributed by atoms with van der Waals surface area (Å²) in [6.45, 7) is 0. The zero-order valence-corrected chi connectivity index (χ0v) is 30.6. The zero-order valence-electron chi connectivity index (χ0n) is 29.8. The van der Waals surface area contributed by atoms with Crippen molar-refractivity contribution in [3.63, 3.8) is 0 Å². The van der Waals surface area contributed by atoms with Crippen LogP contribution in [0.3, 0.4) is 0 Å². The van der Waals surface area contributed by atoms with Crippen molar-refractivity contribution in [2.24, 2.45) is 0 Å². The van der Waals surface area contributed by atoms with Gasteiger partial charge in [-0.1, -0.05) is 133 Å². The zero-order chi connectivity index (χ0) is 36.3. The summed E-state index contributed by atoms with van der Waals surface area (Å²) in [5.41, 5.74) is 12.0. The van der Waals surface area contributed by atoms with Crippen LogP contribution in [-0.4, -0.2) is 0 Å². The Labute approximate surface area is 322 Å². The topological polar surface area (TPSA) is 16.4 Å². The number of hydrogen-bond acceptors (Lipinski definition) is 3. The summed E-state index contributed by atoms with van der Waals surface area (Å²) < 4.78 is 9.24. The second-order valence-corrected chi connectivity index (χ2v) is 15.2. The summed E-state index contributed by atoms with van der Waals surface area (Å²) in [7, 11) is 0. The van der Waals surface area contributed by atoms with Crippen LogP contribution in [0, 0.1) is 0 Å². The molecule has 0 radical (unpaired) electrons. The van der Waals surface area contributed by atoms with E-state index in [2.05, 4.69) is 193 Å². The van der Waals surface area contributed by atoms with Gasteiger partial charge in [0.25, 0.3) is 0 Å². The predicted octanol–water partition coefficient (Wildman–Crippen LogP) is 15.6. The van der Waals surface area contributed by atoms with Crippen molar-refractivity contribution >= 4 is 81.3 Å². The van der Waals surface area contributed by atoms with Gasteiger partial charge >= 0.3 is 0 Å². The molecule has 0 unspecified atom stereocenters. The average Bonchev–Trinajstić information content (AvgIpc) is 3.83. The van der Waals surface area contributed by atoms with Crippen molar-refractivity contribution in [3.05, 3.63) is 200 Å². The molecule has 0 saturated heterocycles. The minimum atomic E-state index is 0.870. The minimum Gasteiger partial charge on any atom is -0.454 e. The number of fused-ring (bicyclic) bond motifs is 7. The third kappa shape index (κ3) is 5.48. The number of hydrogen-bond donors (Lipinski definition) is 0. The summed E-state index contributed by atoms with van der Waals surface area (Å²) >= 11 is 1.85. The first-order valence-electron chi connectivity index (χ1n) is 18.7. The van der Waals surface area contributed by atoms with Gasteiger partial charge in [0, 0.05) is 42.3 Å². The Bertz CT molecular complexity index is 3210. The molecule has 0 aliphatic rings. The molecule has 0 amide bonds. The van der Waals surface area contributed by atoms with Crippen LogP contribution in [0.25, 0.3) is 86.3 Å². The Kier molecular flexibility index (Phi) is 7.39. The van der Waals surface area contributed by atoms with Crippen LogP contribution < -0.4 is 4.90 Å². The Hall–Kier alpha value is -6.94. The van der Waals surface area contributed by atoms with Crippen LogP contribution in [0.2, 0.25) is 0 Å². The first-order valence-corrected chi connectivity index (χ1v) is 19.5. The smallest absolute Gasteiger partial charge is 0.159 e. The van der Waals surface area contributed by atoms with Crippen LogP contribution in [0.1, 0.15) is 0 Å². The predicted molar refractivity (Wildman–Crippen MR) is 235 cm³/mol. The maximum absolute atomic E-state index is 6.60. The molecule has 0 fully saturated rings. The third-order valence-electron chi connectivity index (χ3n) is 10.9. The number of nitrogens with zero attached hydrogens (tertiary/aromatic N) is 1. The van der Waals surface area contributed by atoms with E-state index in [1.807, 2.05) is 23.5 Å². The molecule has 0 N–H and O–H groups in total. The van der Waals surface area contributed by atoms with E-state index in [-0.39, 0.29) is 0 Å². The van der Waals surface area contributed by atoms with Gasteiger partial charge in [0.1, 0.15) is 5.58 Å². The van der Waals surface area contributed by atoms with Gasteiger partial charge in [-0.15, -0.1) is 11.3 Å². The highest BCUT2D eigenvalue weighted by molar-refractivity contribution is 7.25. The van der Waals surface area contributed by atoms with Gasteiger partial charge in [-0.25, -0.2) is 0 Å². The molecular formula is C52H33NOS. The highest BCUT2D eigenvalue weighted by Gasteiger charge is 2.20. The molecule has 2 heterocycles. The van der Waals surface area contributed by atoms with Gasteiger partial charge in [0.05, 0.1) is 5.69 Å². The molecule has 0 aliphatic carbocycles. The Morgan fingerprint density at radius 2 is 0.909 bits per heavy atom. The largest absolute Gasteiger partial charge is 0.454 e. The fraction of sp³-hybridized carbons (Fsp3) is 0. The van der Waals surface area contributed by atoms with Gasteiger partial charge < -0.3 is 9.32 Å². The normalized spacial score (nSPS) is 11.6. The molecule has 55 heavy (non-hydrogen) atoms. The molecule has 11 aromatic rings. The monoisotopic (exact) mass is 719 g/mol. The molecule has 9 aromatic carbocycles. The van der Waals surface area contributed by atoms with Crippen molar-refractivity contribution in [3.8, 4) is 33.4 Å². The van der Waals surface area contributed by atoms with Crippen LogP contribution >= 0.6 is 11.3 Å². The summed E-state index contributed by atoms with van der Waals surface area (Å²) in [5.74, 6) is 0. The lowest BCUT2D eigenvalue weighted by Gasteiger charge is -2.26. The van der Waals surface area contributed by atoms with E-state index in [0.717, 1.165) is 39.0 Å². The van der Waals surface area contributed by atoms with E-state index in [4.69, 9.17) is 4.42 Å². The molecule has 3 heteroatoms. The van der Waals surface area contributed by atoms with Gasteiger partial charge in [-0.05, 0) is 111 Å². The van der Waals surface area contributed by atoms with E-state index in [0.29, 0.717) is 0 Å². The Morgan fingerprint density at radius 3 is 1.71 bits per heavy atom. The fourth-order valence-electron chi connectivity index (χ4n) is 8.09. The maximum Gasteiger partial charge on any atom is 0.159 e. The SMILES string of the molecule is c1cc(-c2ccc(N(c3ccc(-c4ccc5sc6ccccc6c5c4)cc3)c3cccc4c3oc3ccccc34)cc2)cc(-c2ccc3ccccc3c2)c1. The van der Waals surface area contributed by atoms with E-state index in [9.17, 15) is 0 Å². The number of benzene rings is 9. The maximum atomic E-state index is 6.60. The van der Waals surface area contributed by atoms with E-state index in [1.54, 1.807) is 0 Å². The van der Waals surface area contributed by atoms with E-state index >= 15 is 0 Å². The lowest BCUT2D eigenvalue weighted by molar-refractivity contribution is 0.669. The van der Waals surface area contributed by atoms with Gasteiger partial charge in [0.15, 0.2) is 5.58 Å². The van der Waals surface area contributed by atoms with Crippen LogP contribution in [0.5, 0.6) is 0 Å². The van der Waals surface area contributed by atoms with E-state index < -0.39 is 0 Å². The van der Waals surface area contributed by atoms with Crippen molar-refractivity contribution in [2.75, 3.05) is 4.90 Å². The molecule has 11 rings (SSSR count). The third-order valence-corrected chi connectivity index (χ3v) is 12.0. The number of para-hydroxylation sites is 2. The quantitative estimate of drug-likeness (QED) is 0.170. The van der Waals surface area contributed by atoms with Crippen molar-refractivity contribution in [1.82, 2.24) is 0 Å². The molecule has 0 aliphatic heterocycles. The van der Waals surface area contributed by atoms with Crippen LogP contribution in [-0.2, 0) is 0 Å². The standard InChI is InChI=1S/C52H33NOS/c1-2-10-37-32-40(20-19-34(37)9-1)39-12-7-11-38(31-39)35-21-26-42(27-22-35)53(48-16-8-15-46-44-13-3-5-17-49(44)54-52(46)48)43-28-23-36(24-29-43)41-25-30-51-47(33-41)45-14-4-6-18-50(45)55-51/h1-33H. The number of furan rings is 1. The fourth-order valence-corrected chi connectivity index (χ4v) is 9.18. The molecular weight excluding hydrogens is 687 g/mol. The lowest BCUT2D eigenvalue weighted by Crippen LogP contribution is -2.10. The molecule has 2 nitrogen and oxygen atoms in total. The average molecular weight is 720 g/mol. The highest BCUT2D eigenvalue weighted by Crippen LogP contribution is 2.43. The van der Waals surface area contributed by atoms with Crippen LogP contribution in [0.4, 0.5) is 17.1 Å². The van der Waals surface area contributed by atoms with Gasteiger partial charge in [-0.3, -0.25) is 0 Å². The molecule has 0 atom stereocenters. The second-order valence-electron chi connectivity index (χ2n) is 14.1. The van der Waals surface area contributed by atoms with Crippen LogP contribution in [0.15, 0.2) is 205 Å². The summed E-state index contributed by atoms with van der Waals surface area (Å²) in [4.78, 5) is 2.32. The van der Waals surface area contributed by atoms with E-state index in [1.165, 1.54) is 64.3 Å². The summed E-state index contributed by atoms with van der Waals surface area (Å²) in [6.07, 6.45) is 0.